The van der Waals surface area contributed by atoms with E-state index in [0.29, 0.717) is 6.61 Å². The van der Waals surface area contributed by atoms with Crippen LogP contribution in [0.2, 0.25) is 0 Å². The highest BCUT2D eigenvalue weighted by Gasteiger charge is 2.50. The predicted octanol–water partition coefficient (Wildman–Crippen LogP) is 5.12. The molecule has 1 saturated heterocycles. The molecule has 0 spiro atoms. The summed E-state index contributed by atoms with van der Waals surface area (Å²) in [5.41, 5.74) is 2.05. The molecule has 0 N–H and O–H groups in total. The molecular formula is C25H31FN4OS. The van der Waals surface area contributed by atoms with Crippen molar-refractivity contribution in [2.24, 2.45) is 5.41 Å². The van der Waals surface area contributed by atoms with E-state index in [4.69, 9.17) is 9.72 Å². The van der Waals surface area contributed by atoms with Gasteiger partial charge in [-0.05, 0) is 70.3 Å². The molecule has 3 aromatic heterocycles. The Kier molecular flexibility index (Phi) is 5.68. The Balaban J connectivity index is 1.45. The van der Waals surface area contributed by atoms with Crippen molar-refractivity contribution in [3.8, 4) is 0 Å². The molecular weight excluding hydrogens is 423 g/mol. The minimum absolute atomic E-state index is 0.0481. The minimum Gasteiger partial charge on any atom is -0.368 e. The highest BCUT2D eigenvalue weighted by Crippen LogP contribution is 2.51. The first-order valence-electron chi connectivity index (χ1n) is 11.4. The van der Waals surface area contributed by atoms with E-state index in [2.05, 4.69) is 46.6 Å². The van der Waals surface area contributed by atoms with Crippen LogP contribution in [0.5, 0.6) is 0 Å². The molecule has 0 bridgehead atoms. The molecule has 2 unspecified atom stereocenters. The van der Waals surface area contributed by atoms with Crippen LogP contribution in [0.1, 0.15) is 54.8 Å². The molecule has 32 heavy (non-hydrogen) atoms. The van der Waals surface area contributed by atoms with Gasteiger partial charge in [0, 0.05) is 53.2 Å². The molecule has 5 rings (SSSR count). The van der Waals surface area contributed by atoms with Gasteiger partial charge in [-0.25, -0.2) is 4.98 Å². The van der Waals surface area contributed by atoms with E-state index in [0.717, 1.165) is 55.3 Å². The van der Waals surface area contributed by atoms with Crippen LogP contribution in [0.25, 0.3) is 0 Å². The number of aryl methyl sites for hydroxylation is 2. The topological polar surface area (TPSA) is 43.2 Å². The lowest BCUT2D eigenvalue weighted by atomic mass is 9.75. The van der Waals surface area contributed by atoms with Crippen molar-refractivity contribution in [3.05, 3.63) is 69.9 Å². The summed E-state index contributed by atoms with van der Waals surface area (Å²) >= 11 is 1.26. The maximum atomic E-state index is 13.6. The summed E-state index contributed by atoms with van der Waals surface area (Å²) in [4.78, 5) is 12.9. The standard InChI is InChI=1S/C25H31FN4OS/c1-18-4-5-19(16-28-18)24(2,3)30-12-10-25(17-30,9-8-20-6-7-21(26)32-20)22-23-27-11-13-29(23)14-15-31-22/h4-7,11,13,16,22H,8-10,12,14-15,17H2,1-3H3. The molecule has 5 nitrogen and oxygen atoms in total. The van der Waals surface area contributed by atoms with Crippen LogP contribution in [-0.4, -0.2) is 39.1 Å². The molecule has 0 aliphatic carbocycles. The molecule has 1 fully saturated rings. The van der Waals surface area contributed by atoms with Crippen LogP contribution in [0, 0.1) is 17.5 Å². The van der Waals surface area contributed by atoms with Crippen molar-refractivity contribution < 1.29 is 9.13 Å². The average molecular weight is 455 g/mol. The van der Waals surface area contributed by atoms with Gasteiger partial charge in [0.1, 0.15) is 11.9 Å². The Bertz CT molecular complexity index is 1080. The first kappa shape index (κ1) is 21.7. The number of pyridine rings is 1. The fourth-order valence-corrected chi connectivity index (χ4v) is 6.06. The number of halogens is 1. The summed E-state index contributed by atoms with van der Waals surface area (Å²) in [7, 11) is 0. The second kappa shape index (κ2) is 8.36. The van der Waals surface area contributed by atoms with Crippen LogP contribution < -0.4 is 0 Å². The van der Waals surface area contributed by atoms with Crippen LogP contribution >= 0.6 is 11.3 Å². The number of aromatic nitrogens is 3. The normalized spacial score (nSPS) is 24.1. The van der Waals surface area contributed by atoms with Gasteiger partial charge in [0.2, 0.25) is 0 Å². The Morgan fingerprint density at radius 2 is 2.09 bits per heavy atom. The van der Waals surface area contributed by atoms with Crippen LogP contribution in [0.3, 0.4) is 0 Å². The summed E-state index contributed by atoms with van der Waals surface area (Å²) in [6.45, 7) is 10.0. The minimum atomic E-state index is -0.137. The molecule has 3 aromatic rings. The predicted molar refractivity (Wildman–Crippen MR) is 124 cm³/mol. The van der Waals surface area contributed by atoms with Crippen molar-refractivity contribution in [2.45, 2.75) is 58.2 Å². The number of nitrogens with zero attached hydrogens (tertiary/aromatic N) is 4. The molecule has 0 saturated carbocycles. The van der Waals surface area contributed by atoms with E-state index in [1.54, 1.807) is 6.07 Å². The molecule has 2 aliphatic rings. The van der Waals surface area contributed by atoms with E-state index >= 15 is 0 Å². The molecule has 0 radical (unpaired) electrons. The van der Waals surface area contributed by atoms with Crippen LogP contribution in [-0.2, 0) is 23.2 Å². The summed E-state index contributed by atoms with van der Waals surface area (Å²) in [5.74, 6) is 1.03. The van der Waals surface area contributed by atoms with Gasteiger partial charge in [-0.2, -0.15) is 4.39 Å². The van der Waals surface area contributed by atoms with Gasteiger partial charge in [-0.15, -0.1) is 11.3 Å². The third kappa shape index (κ3) is 3.91. The molecule has 0 amide bonds. The molecule has 2 atom stereocenters. The Hall–Kier alpha value is -2.09. The number of ether oxygens (including phenoxy) is 1. The Morgan fingerprint density at radius 3 is 2.84 bits per heavy atom. The van der Waals surface area contributed by atoms with Crippen LogP contribution in [0.4, 0.5) is 4.39 Å². The van der Waals surface area contributed by atoms with E-state index in [9.17, 15) is 4.39 Å². The summed E-state index contributed by atoms with van der Waals surface area (Å²) in [6.07, 6.45) is 8.73. The number of thiophene rings is 1. The van der Waals surface area contributed by atoms with Crippen LogP contribution in [0.15, 0.2) is 42.9 Å². The number of hydrogen-bond acceptors (Lipinski definition) is 5. The van der Waals surface area contributed by atoms with Gasteiger partial charge in [0.05, 0.1) is 6.61 Å². The van der Waals surface area contributed by atoms with Gasteiger partial charge in [0.15, 0.2) is 5.13 Å². The maximum Gasteiger partial charge on any atom is 0.176 e. The molecule has 7 heteroatoms. The molecule has 2 aliphatic heterocycles. The largest absolute Gasteiger partial charge is 0.368 e. The third-order valence-electron chi connectivity index (χ3n) is 7.45. The Labute approximate surface area is 193 Å². The smallest absolute Gasteiger partial charge is 0.176 e. The van der Waals surface area contributed by atoms with Crippen molar-refractivity contribution in [1.29, 1.82) is 0 Å². The summed E-state index contributed by atoms with van der Waals surface area (Å²) < 4.78 is 22.3. The lowest BCUT2D eigenvalue weighted by Gasteiger charge is -2.42. The fourth-order valence-electron chi connectivity index (χ4n) is 5.33. The highest BCUT2D eigenvalue weighted by atomic mass is 32.1. The van der Waals surface area contributed by atoms with Gasteiger partial charge in [-0.1, -0.05) is 6.07 Å². The maximum absolute atomic E-state index is 13.6. The molecule has 0 aromatic carbocycles. The SMILES string of the molecule is Cc1ccc(C(C)(C)N2CCC(CCc3ccc(F)s3)(C3OCCn4ccnc43)C2)cn1. The first-order chi connectivity index (χ1) is 15.4. The molecule has 170 valence electrons. The highest BCUT2D eigenvalue weighted by molar-refractivity contribution is 7.10. The summed E-state index contributed by atoms with van der Waals surface area (Å²) in [5, 5.41) is -0.112. The number of imidazole rings is 1. The zero-order valence-corrected chi connectivity index (χ0v) is 19.9. The number of fused-ring (bicyclic) bond motifs is 1. The van der Waals surface area contributed by atoms with Crippen molar-refractivity contribution >= 4 is 11.3 Å². The van der Waals surface area contributed by atoms with Gasteiger partial charge in [-0.3, -0.25) is 9.88 Å². The number of likely N-dealkylation sites (tertiary alicyclic amines) is 1. The zero-order chi connectivity index (χ0) is 22.3. The third-order valence-corrected chi connectivity index (χ3v) is 8.38. The quantitative estimate of drug-likeness (QED) is 0.519. The lowest BCUT2D eigenvalue weighted by Crippen LogP contribution is -2.44. The van der Waals surface area contributed by atoms with Crippen molar-refractivity contribution in [1.82, 2.24) is 19.4 Å². The van der Waals surface area contributed by atoms with Gasteiger partial charge in [0.25, 0.3) is 0 Å². The van der Waals surface area contributed by atoms with E-state index in [1.165, 1.54) is 16.9 Å². The second-order valence-electron chi connectivity index (χ2n) is 9.72. The van der Waals surface area contributed by atoms with Gasteiger partial charge < -0.3 is 9.30 Å². The zero-order valence-electron chi connectivity index (χ0n) is 19.1. The summed E-state index contributed by atoms with van der Waals surface area (Å²) in [6, 6.07) is 7.78. The van der Waals surface area contributed by atoms with E-state index in [-0.39, 0.29) is 22.2 Å². The average Bonchev–Trinajstić information content (AvgIpc) is 3.52. The second-order valence-corrected chi connectivity index (χ2v) is 10.8. The fraction of sp³-hybridized carbons (Fsp3) is 0.520. The van der Waals surface area contributed by atoms with E-state index in [1.807, 2.05) is 25.4 Å². The monoisotopic (exact) mass is 454 g/mol. The van der Waals surface area contributed by atoms with Crippen molar-refractivity contribution in [2.75, 3.05) is 19.7 Å². The molecule has 5 heterocycles. The Morgan fingerprint density at radius 1 is 1.22 bits per heavy atom. The van der Waals surface area contributed by atoms with E-state index < -0.39 is 0 Å². The van der Waals surface area contributed by atoms with Crippen molar-refractivity contribution in [3.63, 3.8) is 0 Å². The first-order valence-corrected chi connectivity index (χ1v) is 12.2. The lowest BCUT2D eigenvalue weighted by molar-refractivity contribution is -0.0729. The number of rotatable bonds is 6. The van der Waals surface area contributed by atoms with Gasteiger partial charge >= 0.3 is 0 Å². The number of hydrogen-bond donors (Lipinski definition) is 0.